The summed E-state index contributed by atoms with van der Waals surface area (Å²) in [4.78, 5) is 9.36. The highest BCUT2D eigenvalue weighted by Crippen LogP contribution is 2.27. The van der Waals surface area contributed by atoms with E-state index in [1.807, 2.05) is 31.5 Å². The number of nitrogens with zero attached hydrogens (tertiary/aromatic N) is 2. The molecule has 1 rings (SSSR count). The average Bonchev–Trinajstić information content (AvgIpc) is 2.46. The second-order valence-electron chi connectivity index (χ2n) is 4.85. The summed E-state index contributed by atoms with van der Waals surface area (Å²) in [6, 6.07) is 5.93. The van der Waals surface area contributed by atoms with Gasteiger partial charge in [-0.3, -0.25) is 14.9 Å². The van der Waals surface area contributed by atoms with Gasteiger partial charge in [-0.25, -0.2) is 0 Å². The predicted octanol–water partition coefficient (Wildman–Crippen LogP) is 3.40. The van der Waals surface area contributed by atoms with Gasteiger partial charge in [-0.05, 0) is 29.2 Å². The third-order valence-electron chi connectivity index (χ3n) is 3.35. The molecule has 0 bridgehead atoms. The lowest BCUT2D eigenvalue weighted by Gasteiger charge is -2.19. The summed E-state index contributed by atoms with van der Waals surface area (Å²) >= 11 is 0. The van der Waals surface area contributed by atoms with E-state index in [4.69, 9.17) is 10.6 Å². The fourth-order valence-electron chi connectivity index (χ4n) is 1.87. The third-order valence-corrected chi connectivity index (χ3v) is 3.35. The quantitative estimate of drug-likeness (QED) is 0.492. The first-order valence-corrected chi connectivity index (χ1v) is 6.85. The van der Waals surface area contributed by atoms with Gasteiger partial charge in [0.1, 0.15) is 0 Å². The zero-order chi connectivity index (χ0) is 15.1. The molecule has 20 heavy (non-hydrogen) atoms. The van der Waals surface area contributed by atoms with E-state index in [0.29, 0.717) is 11.6 Å². The molecule has 1 aromatic rings. The van der Waals surface area contributed by atoms with Crippen molar-refractivity contribution in [2.75, 3.05) is 32.0 Å². The van der Waals surface area contributed by atoms with Crippen LogP contribution in [0.4, 0.5) is 11.4 Å². The van der Waals surface area contributed by atoms with Crippen molar-refractivity contribution in [2.24, 2.45) is 10.9 Å². The lowest BCUT2D eigenvalue weighted by molar-refractivity contribution is 0.185. The van der Waals surface area contributed by atoms with Crippen molar-refractivity contribution >= 4 is 23.2 Å². The van der Waals surface area contributed by atoms with Gasteiger partial charge in [-0.15, -0.1) is 0 Å². The topological polar surface area (TPSA) is 50.8 Å². The smallest absolute Gasteiger partial charge is 0.0868 e. The van der Waals surface area contributed by atoms with E-state index in [2.05, 4.69) is 24.9 Å². The van der Waals surface area contributed by atoms with Crippen molar-refractivity contribution in [3.8, 4) is 0 Å². The Morgan fingerprint density at radius 3 is 2.75 bits per heavy atom. The lowest BCUT2D eigenvalue weighted by Crippen LogP contribution is -2.16. The number of benzene rings is 1. The summed E-state index contributed by atoms with van der Waals surface area (Å²) in [6.45, 7) is 4.37. The molecule has 0 fully saturated rings. The molecule has 4 nitrogen and oxygen atoms in total. The maximum Gasteiger partial charge on any atom is 0.0868 e. The van der Waals surface area contributed by atoms with Gasteiger partial charge in [-0.1, -0.05) is 32.4 Å². The first kappa shape index (κ1) is 16.2. The molecule has 0 amide bonds. The summed E-state index contributed by atoms with van der Waals surface area (Å²) in [7, 11) is 5.24. The molecule has 0 saturated heterocycles. The Hall–Kier alpha value is -1.81. The first-order chi connectivity index (χ1) is 9.53. The summed E-state index contributed by atoms with van der Waals surface area (Å²) in [6.07, 6.45) is 5.21. The second kappa shape index (κ2) is 7.70. The van der Waals surface area contributed by atoms with Crippen LogP contribution < -0.4 is 10.8 Å². The second-order valence-corrected chi connectivity index (χ2v) is 4.85. The molecule has 0 aliphatic carbocycles. The number of nitrogen functional groups attached to an aromatic ring is 1. The minimum Gasteiger partial charge on any atom is -0.397 e. The van der Waals surface area contributed by atoms with E-state index in [0.717, 1.165) is 23.2 Å². The van der Waals surface area contributed by atoms with Crippen LogP contribution in [0.2, 0.25) is 0 Å². The van der Waals surface area contributed by atoms with Crippen molar-refractivity contribution in [2.45, 2.75) is 20.3 Å². The van der Waals surface area contributed by atoms with Crippen molar-refractivity contribution in [1.82, 2.24) is 0 Å². The Labute approximate surface area is 121 Å². The van der Waals surface area contributed by atoms with Crippen LogP contribution in [0.5, 0.6) is 0 Å². The van der Waals surface area contributed by atoms with E-state index < -0.39 is 0 Å². The summed E-state index contributed by atoms with van der Waals surface area (Å²) in [5, 5.41) is 1.66. The first-order valence-electron chi connectivity index (χ1n) is 6.85. The molecule has 0 aliphatic rings. The van der Waals surface area contributed by atoms with Crippen molar-refractivity contribution in [3.63, 3.8) is 0 Å². The molecule has 0 saturated carbocycles. The van der Waals surface area contributed by atoms with Crippen LogP contribution in [0.15, 0.2) is 29.3 Å². The summed E-state index contributed by atoms with van der Waals surface area (Å²) in [5.41, 5.74) is 9.72. The number of hydroxylamine groups is 1. The molecule has 4 heteroatoms. The predicted molar refractivity (Wildman–Crippen MR) is 88.1 cm³/mol. The molecule has 0 aliphatic heterocycles. The highest BCUT2D eigenvalue weighted by molar-refractivity contribution is 6.10. The largest absolute Gasteiger partial charge is 0.397 e. The molecule has 0 aromatic heterocycles. The average molecular weight is 275 g/mol. The van der Waals surface area contributed by atoms with E-state index in [9.17, 15) is 0 Å². The number of nitrogens with two attached hydrogens (primary N) is 1. The Morgan fingerprint density at radius 1 is 1.50 bits per heavy atom. The minimum atomic E-state index is 0.504. The Kier molecular flexibility index (Phi) is 6.25. The maximum atomic E-state index is 5.99. The number of allylic oxidation sites excluding steroid dienone is 2. The van der Waals surface area contributed by atoms with Gasteiger partial charge < -0.3 is 5.73 Å². The number of anilines is 2. The molecule has 110 valence electrons. The van der Waals surface area contributed by atoms with Crippen LogP contribution >= 0.6 is 0 Å². The van der Waals surface area contributed by atoms with Gasteiger partial charge in [0, 0.05) is 20.3 Å². The van der Waals surface area contributed by atoms with Crippen molar-refractivity contribution < 1.29 is 4.84 Å². The molecular formula is C16H25N3O. The molecule has 0 radical (unpaired) electrons. The van der Waals surface area contributed by atoms with Gasteiger partial charge in [0.15, 0.2) is 0 Å². The van der Waals surface area contributed by atoms with Gasteiger partial charge >= 0.3 is 0 Å². The highest BCUT2D eigenvalue weighted by atomic mass is 16.7. The summed E-state index contributed by atoms with van der Waals surface area (Å²) in [5.74, 6) is 0.504. The normalized spacial score (nSPS) is 13.8. The Balaban J connectivity index is 3.25. The van der Waals surface area contributed by atoms with Crippen LogP contribution in [0.25, 0.3) is 5.57 Å². The van der Waals surface area contributed by atoms with Crippen LogP contribution in [-0.4, -0.2) is 27.4 Å². The molecule has 2 N–H and O–H groups in total. The number of rotatable bonds is 6. The van der Waals surface area contributed by atoms with Gasteiger partial charge in [0.05, 0.1) is 18.5 Å². The SMILES string of the molecule is CCC(C)/C=C(\C=NC)c1ccc(N)c(N(C)OC)c1. The molecule has 1 atom stereocenters. The van der Waals surface area contributed by atoms with E-state index in [1.165, 1.54) is 0 Å². The fourth-order valence-corrected chi connectivity index (χ4v) is 1.87. The van der Waals surface area contributed by atoms with E-state index in [1.54, 1.807) is 19.2 Å². The van der Waals surface area contributed by atoms with Crippen molar-refractivity contribution in [3.05, 3.63) is 29.8 Å². The Bertz CT molecular complexity index is 494. The Morgan fingerprint density at radius 2 is 2.20 bits per heavy atom. The third kappa shape index (κ3) is 4.10. The van der Waals surface area contributed by atoms with E-state index in [-0.39, 0.29) is 0 Å². The zero-order valence-corrected chi connectivity index (χ0v) is 13.1. The standard InChI is InChI=1S/C16H25N3O/c1-6-12(2)9-14(11-18-3)13-7-8-15(17)16(10-13)19(4)20-5/h7-12H,6,17H2,1-5H3/b14-9+,18-11?. The molecule has 1 aromatic carbocycles. The summed E-state index contributed by atoms with van der Waals surface area (Å²) < 4.78 is 0. The van der Waals surface area contributed by atoms with Gasteiger partial charge in [0.2, 0.25) is 0 Å². The van der Waals surface area contributed by atoms with Gasteiger partial charge in [0.25, 0.3) is 0 Å². The number of aliphatic imine (C=N–C) groups is 1. The van der Waals surface area contributed by atoms with Gasteiger partial charge in [-0.2, -0.15) is 0 Å². The van der Waals surface area contributed by atoms with Crippen LogP contribution in [0.3, 0.4) is 0 Å². The molecule has 0 spiro atoms. The molecule has 1 unspecified atom stereocenters. The van der Waals surface area contributed by atoms with Crippen LogP contribution in [0.1, 0.15) is 25.8 Å². The molecule has 0 heterocycles. The van der Waals surface area contributed by atoms with E-state index >= 15 is 0 Å². The van der Waals surface area contributed by atoms with Crippen molar-refractivity contribution in [1.29, 1.82) is 0 Å². The zero-order valence-electron chi connectivity index (χ0n) is 13.1. The molecular weight excluding hydrogens is 250 g/mol. The fraction of sp³-hybridized carbons (Fsp3) is 0.438. The lowest BCUT2D eigenvalue weighted by atomic mass is 9.99. The number of hydrogen-bond acceptors (Lipinski definition) is 4. The van der Waals surface area contributed by atoms with Crippen LogP contribution in [-0.2, 0) is 4.84 Å². The monoisotopic (exact) mass is 275 g/mol. The highest BCUT2D eigenvalue weighted by Gasteiger charge is 2.09. The minimum absolute atomic E-state index is 0.504. The maximum absolute atomic E-state index is 5.99. The van der Waals surface area contributed by atoms with Crippen LogP contribution in [0, 0.1) is 5.92 Å². The number of hydrogen-bond donors (Lipinski definition) is 1.